The standard InChI is InChI=1S/C15H23FN2O/c1-5-11(3)18(12(4)6-2)15(19)17-14-9-7-13(16)8-10-14/h7-12H,5-6H2,1-4H3,(H,17,19)/t11-,12+. The van der Waals surface area contributed by atoms with E-state index in [1.54, 1.807) is 12.1 Å². The topological polar surface area (TPSA) is 32.3 Å². The highest BCUT2D eigenvalue weighted by Gasteiger charge is 2.23. The van der Waals surface area contributed by atoms with Crippen LogP contribution in [0.2, 0.25) is 0 Å². The molecule has 0 heterocycles. The second kappa shape index (κ2) is 7.12. The lowest BCUT2D eigenvalue weighted by atomic mass is 10.1. The monoisotopic (exact) mass is 266 g/mol. The van der Waals surface area contributed by atoms with E-state index in [2.05, 4.69) is 19.2 Å². The Bertz CT molecular complexity index is 395. The van der Waals surface area contributed by atoms with Crippen molar-refractivity contribution in [2.45, 2.75) is 52.6 Å². The normalized spacial score (nSPS) is 13.7. The molecule has 1 N–H and O–H groups in total. The Morgan fingerprint density at radius 1 is 1.16 bits per heavy atom. The van der Waals surface area contributed by atoms with E-state index >= 15 is 0 Å². The van der Waals surface area contributed by atoms with Crippen molar-refractivity contribution in [3.05, 3.63) is 30.1 Å². The molecule has 2 atom stereocenters. The molecule has 0 radical (unpaired) electrons. The lowest BCUT2D eigenvalue weighted by Crippen LogP contribution is -2.46. The minimum Gasteiger partial charge on any atom is -0.319 e. The molecule has 4 heteroatoms. The Morgan fingerprint density at radius 3 is 2.05 bits per heavy atom. The van der Waals surface area contributed by atoms with E-state index in [1.807, 2.05) is 18.7 Å². The number of nitrogens with zero attached hydrogens (tertiary/aromatic N) is 1. The first kappa shape index (κ1) is 15.5. The van der Waals surface area contributed by atoms with Gasteiger partial charge in [-0.2, -0.15) is 0 Å². The lowest BCUT2D eigenvalue weighted by molar-refractivity contribution is 0.163. The summed E-state index contributed by atoms with van der Waals surface area (Å²) in [5.74, 6) is -0.307. The third-order valence-corrected chi connectivity index (χ3v) is 3.46. The van der Waals surface area contributed by atoms with Crippen LogP contribution in [-0.2, 0) is 0 Å². The minimum atomic E-state index is -0.307. The van der Waals surface area contributed by atoms with Gasteiger partial charge < -0.3 is 10.2 Å². The third kappa shape index (κ3) is 4.23. The summed E-state index contributed by atoms with van der Waals surface area (Å²) in [4.78, 5) is 14.2. The number of amides is 2. The van der Waals surface area contributed by atoms with Crippen LogP contribution < -0.4 is 5.32 Å². The Hall–Kier alpha value is -1.58. The zero-order chi connectivity index (χ0) is 14.4. The predicted octanol–water partition coefficient (Wildman–Crippen LogP) is 4.26. The second-order valence-corrected chi connectivity index (χ2v) is 4.86. The number of hydrogen-bond donors (Lipinski definition) is 1. The van der Waals surface area contributed by atoms with Crippen molar-refractivity contribution in [1.29, 1.82) is 0 Å². The second-order valence-electron chi connectivity index (χ2n) is 4.86. The first-order valence-electron chi connectivity index (χ1n) is 6.84. The molecule has 0 unspecified atom stereocenters. The lowest BCUT2D eigenvalue weighted by Gasteiger charge is -2.33. The van der Waals surface area contributed by atoms with Crippen molar-refractivity contribution in [3.8, 4) is 0 Å². The van der Waals surface area contributed by atoms with E-state index < -0.39 is 0 Å². The summed E-state index contributed by atoms with van der Waals surface area (Å²) >= 11 is 0. The van der Waals surface area contributed by atoms with Gasteiger partial charge in [0.1, 0.15) is 5.82 Å². The van der Waals surface area contributed by atoms with Gasteiger partial charge in [-0.25, -0.2) is 9.18 Å². The van der Waals surface area contributed by atoms with Crippen molar-refractivity contribution in [2.75, 3.05) is 5.32 Å². The first-order valence-corrected chi connectivity index (χ1v) is 6.84. The zero-order valence-corrected chi connectivity index (χ0v) is 12.1. The summed E-state index contributed by atoms with van der Waals surface area (Å²) < 4.78 is 12.8. The molecule has 0 spiro atoms. The fourth-order valence-electron chi connectivity index (χ4n) is 1.95. The summed E-state index contributed by atoms with van der Waals surface area (Å²) in [6, 6.07) is 6.04. The van der Waals surface area contributed by atoms with E-state index in [-0.39, 0.29) is 23.9 Å². The molecule has 1 aromatic rings. The maximum atomic E-state index is 12.8. The summed E-state index contributed by atoms with van der Waals surface area (Å²) in [6.07, 6.45) is 1.81. The van der Waals surface area contributed by atoms with E-state index in [1.165, 1.54) is 12.1 Å². The molecule has 0 aliphatic heterocycles. The van der Waals surface area contributed by atoms with Gasteiger partial charge >= 0.3 is 6.03 Å². The Labute approximate surface area is 114 Å². The van der Waals surface area contributed by atoms with Gasteiger partial charge in [0.15, 0.2) is 0 Å². The zero-order valence-electron chi connectivity index (χ0n) is 12.1. The highest BCUT2D eigenvalue weighted by Crippen LogP contribution is 2.15. The number of carbonyl (C=O) groups is 1. The predicted molar refractivity (Wildman–Crippen MR) is 76.8 cm³/mol. The molecule has 0 saturated carbocycles. The molecule has 19 heavy (non-hydrogen) atoms. The van der Waals surface area contributed by atoms with Crippen LogP contribution in [0.3, 0.4) is 0 Å². The van der Waals surface area contributed by atoms with Gasteiger partial charge in [-0.1, -0.05) is 13.8 Å². The molecule has 106 valence electrons. The third-order valence-electron chi connectivity index (χ3n) is 3.46. The summed E-state index contributed by atoms with van der Waals surface area (Å²) in [7, 11) is 0. The van der Waals surface area contributed by atoms with Crippen molar-refractivity contribution in [3.63, 3.8) is 0 Å². The Morgan fingerprint density at radius 2 is 1.63 bits per heavy atom. The fourth-order valence-corrected chi connectivity index (χ4v) is 1.95. The van der Waals surface area contributed by atoms with Gasteiger partial charge in [0, 0.05) is 17.8 Å². The molecule has 0 aliphatic carbocycles. The van der Waals surface area contributed by atoms with Crippen LogP contribution in [0.4, 0.5) is 14.9 Å². The van der Waals surface area contributed by atoms with Gasteiger partial charge in [-0.15, -0.1) is 0 Å². The number of carbonyl (C=O) groups excluding carboxylic acids is 1. The largest absolute Gasteiger partial charge is 0.322 e. The van der Waals surface area contributed by atoms with E-state index in [0.717, 1.165) is 12.8 Å². The number of hydrogen-bond acceptors (Lipinski definition) is 1. The van der Waals surface area contributed by atoms with Crippen LogP contribution in [0.5, 0.6) is 0 Å². The molecular weight excluding hydrogens is 243 g/mol. The number of benzene rings is 1. The minimum absolute atomic E-state index is 0.129. The van der Waals surface area contributed by atoms with Crippen LogP contribution in [0.25, 0.3) is 0 Å². The molecule has 0 bridgehead atoms. The van der Waals surface area contributed by atoms with E-state index in [4.69, 9.17) is 0 Å². The summed E-state index contributed by atoms with van der Waals surface area (Å²) in [5, 5.41) is 2.82. The van der Waals surface area contributed by atoms with Crippen molar-refractivity contribution >= 4 is 11.7 Å². The summed E-state index contributed by atoms with van der Waals surface area (Å²) in [5.41, 5.74) is 0.614. The van der Waals surface area contributed by atoms with Crippen LogP contribution in [-0.4, -0.2) is 23.0 Å². The Kier molecular flexibility index (Phi) is 5.80. The van der Waals surface area contributed by atoms with Crippen LogP contribution in [0.1, 0.15) is 40.5 Å². The molecule has 0 aromatic heterocycles. The maximum absolute atomic E-state index is 12.8. The smallest absolute Gasteiger partial charge is 0.319 e. The van der Waals surface area contributed by atoms with Crippen LogP contribution >= 0.6 is 0 Å². The number of anilines is 1. The van der Waals surface area contributed by atoms with Crippen molar-refractivity contribution in [1.82, 2.24) is 4.90 Å². The van der Waals surface area contributed by atoms with Gasteiger partial charge in [0.2, 0.25) is 0 Å². The van der Waals surface area contributed by atoms with Crippen molar-refractivity contribution < 1.29 is 9.18 Å². The van der Waals surface area contributed by atoms with Gasteiger partial charge in [0.25, 0.3) is 0 Å². The number of halogens is 1. The molecule has 2 amide bonds. The average molecular weight is 266 g/mol. The molecule has 0 aliphatic rings. The quantitative estimate of drug-likeness (QED) is 0.848. The van der Waals surface area contributed by atoms with E-state index in [0.29, 0.717) is 5.69 Å². The van der Waals surface area contributed by atoms with Gasteiger partial charge in [0.05, 0.1) is 0 Å². The van der Waals surface area contributed by atoms with Gasteiger partial charge in [-0.05, 0) is 51.0 Å². The van der Waals surface area contributed by atoms with Gasteiger partial charge in [-0.3, -0.25) is 0 Å². The van der Waals surface area contributed by atoms with E-state index in [9.17, 15) is 9.18 Å². The molecular formula is C15H23FN2O. The first-order chi connectivity index (χ1) is 8.99. The SMILES string of the molecule is CC[C@@H](C)N(C(=O)Nc1ccc(F)cc1)[C@@H](C)CC. The number of rotatable bonds is 5. The molecule has 1 aromatic carbocycles. The van der Waals surface area contributed by atoms with Crippen LogP contribution in [0.15, 0.2) is 24.3 Å². The average Bonchev–Trinajstić information content (AvgIpc) is 2.41. The highest BCUT2D eigenvalue weighted by molar-refractivity contribution is 5.89. The number of urea groups is 1. The number of nitrogens with one attached hydrogen (secondary N) is 1. The maximum Gasteiger partial charge on any atom is 0.322 e. The molecule has 3 nitrogen and oxygen atoms in total. The molecule has 1 rings (SSSR count). The van der Waals surface area contributed by atoms with Crippen molar-refractivity contribution in [2.24, 2.45) is 0 Å². The molecule has 0 saturated heterocycles. The molecule has 0 fully saturated rings. The summed E-state index contributed by atoms with van der Waals surface area (Å²) in [6.45, 7) is 8.20. The Balaban J connectivity index is 2.79. The van der Waals surface area contributed by atoms with Crippen LogP contribution in [0, 0.1) is 5.82 Å². The highest BCUT2D eigenvalue weighted by atomic mass is 19.1. The fraction of sp³-hybridized carbons (Fsp3) is 0.533.